The van der Waals surface area contributed by atoms with E-state index < -0.39 is 10.0 Å². The summed E-state index contributed by atoms with van der Waals surface area (Å²) in [5.74, 6) is 0.581. The van der Waals surface area contributed by atoms with E-state index in [1.807, 2.05) is 0 Å². The number of sulfonamides is 1. The molecular formula is C12H12ClN7O2S. The van der Waals surface area contributed by atoms with Crippen molar-refractivity contribution in [2.45, 2.75) is 11.9 Å². The summed E-state index contributed by atoms with van der Waals surface area (Å²) in [5, 5.41) is 11.0. The van der Waals surface area contributed by atoms with Crippen molar-refractivity contribution >= 4 is 27.3 Å². The van der Waals surface area contributed by atoms with Gasteiger partial charge in [0, 0.05) is 7.05 Å². The van der Waals surface area contributed by atoms with Crippen LogP contribution in [0.15, 0.2) is 35.6 Å². The molecule has 2 aromatic heterocycles. The van der Waals surface area contributed by atoms with Crippen LogP contribution >= 0.6 is 11.6 Å². The number of hydrogen-bond donors (Lipinski definition) is 1. The Hall–Kier alpha value is -2.46. The van der Waals surface area contributed by atoms with Crippen molar-refractivity contribution in [1.29, 1.82) is 0 Å². The average Bonchev–Trinajstić information content (AvgIpc) is 3.06. The molecule has 11 heteroatoms. The maximum absolute atomic E-state index is 12.4. The second kappa shape index (κ2) is 5.63. The fraction of sp³-hybridized carbons (Fsp3) is 0.167. The Morgan fingerprint density at radius 1 is 1.30 bits per heavy atom. The third kappa shape index (κ3) is 2.90. The van der Waals surface area contributed by atoms with Gasteiger partial charge in [-0.1, -0.05) is 17.7 Å². The lowest BCUT2D eigenvalue weighted by Gasteiger charge is -2.08. The summed E-state index contributed by atoms with van der Waals surface area (Å²) in [6, 6.07) is 6.67. The van der Waals surface area contributed by atoms with Crippen molar-refractivity contribution < 1.29 is 8.42 Å². The molecule has 2 heterocycles. The van der Waals surface area contributed by atoms with E-state index >= 15 is 0 Å². The third-order valence-electron chi connectivity index (χ3n) is 3.06. The first-order valence-electron chi connectivity index (χ1n) is 6.43. The number of halogens is 1. The molecule has 0 radical (unpaired) electrons. The summed E-state index contributed by atoms with van der Waals surface area (Å²) >= 11 is 5.94. The monoisotopic (exact) mass is 353 g/mol. The largest absolute Gasteiger partial charge is 0.324 e. The quantitative estimate of drug-likeness (QED) is 0.754. The van der Waals surface area contributed by atoms with Crippen molar-refractivity contribution in [2.24, 2.45) is 7.05 Å². The van der Waals surface area contributed by atoms with E-state index in [0.29, 0.717) is 17.2 Å². The molecule has 0 fully saturated rings. The molecule has 0 saturated heterocycles. The first kappa shape index (κ1) is 15.4. The van der Waals surface area contributed by atoms with Gasteiger partial charge in [0.1, 0.15) is 5.15 Å². The molecule has 3 aromatic rings. The summed E-state index contributed by atoms with van der Waals surface area (Å²) in [4.78, 5) is 3.81. The Bertz CT molecular complexity index is 963. The summed E-state index contributed by atoms with van der Waals surface area (Å²) in [6.45, 7) is 1.74. The van der Waals surface area contributed by atoms with E-state index in [2.05, 4.69) is 25.2 Å². The molecule has 0 aliphatic rings. The van der Waals surface area contributed by atoms with Crippen LogP contribution in [0.4, 0.5) is 5.69 Å². The lowest BCUT2D eigenvalue weighted by atomic mass is 10.3. The number of anilines is 1. The van der Waals surface area contributed by atoms with Crippen molar-refractivity contribution in [1.82, 2.24) is 29.8 Å². The van der Waals surface area contributed by atoms with E-state index in [1.165, 1.54) is 15.6 Å². The first-order valence-corrected chi connectivity index (χ1v) is 8.29. The second-order valence-electron chi connectivity index (χ2n) is 4.75. The molecule has 3 rings (SSSR count). The minimum Gasteiger partial charge on any atom is -0.324 e. The molecule has 0 spiro atoms. The van der Waals surface area contributed by atoms with Crippen molar-refractivity contribution in [3.8, 4) is 5.69 Å². The van der Waals surface area contributed by atoms with Gasteiger partial charge < -0.3 is 4.57 Å². The van der Waals surface area contributed by atoms with Crippen LogP contribution in [-0.4, -0.2) is 38.2 Å². The van der Waals surface area contributed by atoms with Gasteiger partial charge >= 0.3 is 0 Å². The number of aromatic nitrogens is 6. The van der Waals surface area contributed by atoms with Gasteiger partial charge in [0.2, 0.25) is 5.03 Å². The van der Waals surface area contributed by atoms with Crippen molar-refractivity contribution in [2.75, 3.05) is 4.72 Å². The van der Waals surface area contributed by atoms with Crippen LogP contribution < -0.4 is 4.72 Å². The van der Waals surface area contributed by atoms with Crippen LogP contribution in [0.25, 0.3) is 5.69 Å². The molecule has 0 atom stereocenters. The lowest BCUT2D eigenvalue weighted by molar-refractivity contribution is 0.598. The number of aryl methyl sites for hydroxylation is 2. The maximum Gasteiger partial charge on any atom is 0.282 e. The summed E-state index contributed by atoms with van der Waals surface area (Å²) < 4.78 is 30.1. The highest BCUT2D eigenvalue weighted by Gasteiger charge is 2.22. The Labute approximate surface area is 137 Å². The molecule has 0 saturated carbocycles. The average molecular weight is 354 g/mol. The number of rotatable bonds is 4. The third-order valence-corrected chi connectivity index (χ3v) is 4.93. The summed E-state index contributed by atoms with van der Waals surface area (Å²) in [5.41, 5.74) is 0.971. The van der Waals surface area contributed by atoms with Gasteiger partial charge in [0.05, 0.1) is 17.7 Å². The van der Waals surface area contributed by atoms with E-state index in [-0.39, 0.29) is 10.2 Å². The fourth-order valence-corrected chi connectivity index (χ4v) is 3.43. The molecule has 0 aliphatic carbocycles. The lowest BCUT2D eigenvalue weighted by Crippen LogP contribution is -2.14. The van der Waals surface area contributed by atoms with Crippen LogP contribution in [0, 0.1) is 6.92 Å². The smallest absolute Gasteiger partial charge is 0.282 e. The number of nitrogens with one attached hydrogen (secondary N) is 1. The predicted octanol–water partition coefficient (Wildman–Crippen LogP) is 1.16. The molecule has 120 valence electrons. The molecule has 23 heavy (non-hydrogen) atoms. The highest BCUT2D eigenvalue weighted by molar-refractivity contribution is 7.92. The maximum atomic E-state index is 12.4. The molecule has 0 aliphatic heterocycles. The van der Waals surface area contributed by atoms with Gasteiger partial charge in [-0.05, 0) is 35.5 Å². The predicted molar refractivity (Wildman–Crippen MR) is 82.9 cm³/mol. The molecule has 1 aromatic carbocycles. The Morgan fingerprint density at radius 3 is 2.70 bits per heavy atom. The highest BCUT2D eigenvalue weighted by atomic mass is 35.5. The summed E-state index contributed by atoms with van der Waals surface area (Å²) in [6.07, 6.45) is 1.33. The number of hydrogen-bond acceptors (Lipinski definition) is 6. The van der Waals surface area contributed by atoms with Gasteiger partial charge in [-0.15, -0.1) is 5.10 Å². The van der Waals surface area contributed by atoms with Gasteiger partial charge in [0.15, 0.2) is 5.82 Å². The number of tetrazole rings is 1. The van der Waals surface area contributed by atoms with Gasteiger partial charge in [0.25, 0.3) is 10.0 Å². The van der Waals surface area contributed by atoms with Crippen LogP contribution in [0.1, 0.15) is 5.82 Å². The minimum atomic E-state index is -3.89. The van der Waals surface area contributed by atoms with Crippen molar-refractivity contribution in [3.63, 3.8) is 0 Å². The minimum absolute atomic E-state index is 0.0324. The molecular weight excluding hydrogens is 342 g/mol. The number of imidazole rings is 1. The van der Waals surface area contributed by atoms with Gasteiger partial charge in [-0.2, -0.15) is 13.1 Å². The Kier molecular flexibility index (Phi) is 3.78. The van der Waals surface area contributed by atoms with Crippen molar-refractivity contribution in [3.05, 3.63) is 41.6 Å². The molecule has 0 bridgehead atoms. The SMILES string of the molecule is Cc1nnnn1-c1cccc(NS(=O)(=O)c2ncn(C)c2Cl)c1. The van der Waals surface area contributed by atoms with E-state index in [4.69, 9.17) is 11.6 Å². The first-order chi connectivity index (χ1) is 10.9. The number of benzene rings is 1. The number of nitrogens with zero attached hydrogens (tertiary/aromatic N) is 6. The van der Waals surface area contributed by atoms with Crippen LogP contribution in [0.3, 0.4) is 0 Å². The van der Waals surface area contributed by atoms with E-state index in [0.717, 1.165) is 0 Å². The molecule has 1 N–H and O–H groups in total. The standard InChI is InChI=1S/C12H12ClN7O2S/c1-8-15-17-18-20(8)10-5-3-4-9(6-10)16-23(21,22)12-11(13)19(2)7-14-12/h3-7,16H,1-2H3. The molecule has 0 amide bonds. The zero-order valence-electron chi connectivity index (χ0n) is 12.2. The molecule has 9 nitrogen and oxygen atoms in total. The van der Waals surface area contributed by atoms with Gasteiger partial charge in [-0.3, -0.25) is 4.72 Å². The normalized spacial score (nSPS) is 11.6. The zero-order valence-corrected chi connectivity index (χ0v) is 13.7. The van der Waals surface area contributed by atoms with Crippen LogP contribution in [-0.2, 0) is 17.1 Å². The molecule has 0 unspecified atom stereocenters. The fourth-order valence-electron chi connectivity index (χ4n) is 1.95. The van der Waals surface area contributed by atoms with Crippen LogP contribution in [0.2, 0.25) is 5.15 Å². The summed E-state index contributed by atoms with van der Waals surface area (Å²) in [7, 11) is -2.29. The topological polar surface area (TPSA) is 108 Å². The second-order valence-corrected chi connectivity index (χ2v) is 6.70. The van der Waals surface area contributed by atoms with Crippen LogP contribution in [0.5, 0.6) is 0 Å². The zero-order chi connectivity index (χ0) is 16.6. The Morgan fingerprint density at radius 2 is 2.09 bits per heavy atom. The van der Waals surface area contributed by atoms with Gasteiger partial charge in [-0.25, -0.2) is 4.98 Å². The highest BCUT2D eigenvalue weighted by Crippen LogP contribution is 2.23. The van der Waals surface area contributed by atoms with E-state index in [1.54, 1.807) is 38.2 Å². The Balaban J connectivity index is 1.95. The van der Waals surface area contributed by atoms with E-state index in [9.17, 15) is 8.42 Å².